The summed E-state index contributed by atoms with van der Waals surface area (Å²) < 4.78 is 16.9. The van der Waals surface area contributed by atoms with E-state index >= 15 is 0 Å². The number of carbonyl (C=O) groups is 1. The lowest BCUT2D eigenvalue weighted by molar-refractivity contribution is -0.142. The molecule has 3 aromatic rings. The first-order valence-electron chi connectivity index (χ1n) is 11.0. The van der Waals surface area contributed by atoms with Crippen molar-refractivity contribution in [3.63, 3.8) is 0 Å². The van der Waals surface area contributed by atoms with Crippen molar-refractivity contribution in [3.05, 3.63) is 83.4 Å². The van der Waals surface area contributed by atoms with Gasteiger partial charge in [-0.15, -0.1) is 0 Å². The molecular weight excluding hydrogens is 401 g/mol. The fraction of sp³-hybridized carbons (Fsp3) is 0.269. The lowest BCUT2D eigenvalue weighted by atomic mass is 9.73. The summed E-state index contributed by atoms with van der Waals surface area (Å²) in [5, 5.41) is 3.50. The van der Waals surface area contributed by atoms with Crippen LogP contribution < -0.4 is 20.3 Å². The summed E-state index contributed by atoms with van der Waals surface area (Å²) in [6.45, 7) is 5.74. The van der Waals surface area contributed by atoms with Crippen LogP contribution in [-0.4, -0.2) is 27.0 Å². The maximum Gasteiger partial charge on any atom is 0.310 e. The molecule has 0 fully saturated rings. The third-order valence-corrected chi connectivity index (χ3v) is 5.12. The zero-order valence-electron chi connectivity index (χ0n) is 19.0. The number of ether oxygens (including phenoxy) is 3. The number of esters is 1. The molecule has 6 heteroatoms. The van der Waals surface area contributed by atoms with Gasteiger partial charge in [0.05, 0.1) is 20.1 Å². The fourth-order valence-electron chi connectivity index (χ4n) is 3.44. The molecule has 0 aliphatic rings. The van der Waals surface area contributed by atoms with Crippen LogP contribution in [0.15, 0.2) is 66.7 Å². The van der Waals surface area contributed by atoms with Crippen molar-refractivity contribution in [2.45, 2.75) is 33.3 Å². The zero-order chi connectivity index (χ0) is 22.8. The van der Waals surface area contributed by atoms with Crippen molar-refractivity contribution in [2.24, 2.45) is 0 Å². The Bertz CT molecular complexity index is 1020. The van der Waals surface area contributed by atoms with E-state index in [0.717, 1.165) is 30.7 Å². The molecule has 0 radical (unpaired) electrons. The molecule has 32 heavy (non-hydrogen) atoms. The number of methoxy groups -OCH3 is 1. The van der Waals surface area contributed by atoms with Gasteiger partial charge in [-0.05, 0) is 36.2 Å². The average molecular weight is 431 g/mol. The van der Waals surface area contributed by atoms with Gasteiger partial charge < -0.3 is 19.5 Å². The Morgan fingerprint density at radius 2 is 1.69 bits per heavy atom. The predicted molar refractivity (Wildman–Crippen MR) is 129 cm³/mol. The molecule has 0 amide bonds. The number of hydrogen-bond acceptors (Lipinski definition) is 5. The zero-order valence-corrected chi connectivity index (χ0v) is 19.0. The van der Waals surface area contributed by atoms with E-state index in [1.165, 1.54) is 11.0 Å². The van der Waals surface area contributed by atoms with Crippen molar-refractivity contribution < 1.29 is 19.0 Å². The van der Waals surface area contributed by atoms with Crippen LogP contribution in [0.5, 0.6) is 17.2 Å². The molecule has 0 aliphatic heterocycles. The topological polar surface area (TPSA) is 56.8 Å². The predicted octanol–water partition coefficient (Wildman–Crippen LogP) is 3.99. The van der Waals surface area contributed by atoms with Crippen molar-refractivity contribution >= 4 is 18.7 Å². The number of hydrogen-bond donors (Lipinski definition) is 1. The summed E-state index contributed by atoms with van der Waals surface area (Å²) in [6.07, 6.45) is 0.189. The first kappa shape index (κ1) is 23.4. The van der Waals surface area contributed by atoms with Crippen molar-refractivity contribution in [1.29, 1.82) is 0 Å². The Kier molecular flexibility index (Phi) is 8.75. The molecule has 0 saturated heterocycles. The first-order valence-corrected chi connectivity index (χ1v) is 11.0. The average Bonchev–Trinajstić information content (AvgIpc) is 2.81. The van der Waals surface area contributed by atoms with E-state index in [2.05, 4.69) is 36.4 Å². The molecular formula is C26H30BNO4. The van der Waals surface area contributed by atoms with Crippen LogP contribution in [0.25, 0.3) is 0 Å². The van der Waals surface area contributed by atoms with Gasteiger partial charge in [0.15, 0.2) is 18.8 Å². The molecule has 5 nitrogen and oxygen atoms in total. The van der Waals surface area contributed by atoms with Crippen LogP contribution in [0.2, 0.25) is 6.82 Å². The van der Waals surface area contributed by atoms with Gasteiger partial charge in [0.25, 0.3) is 0 Å². The smallest absolute Gasteiger partial charge is 0.310 e. The highest BCUT2D eigenvalue weighted by Gasteiger charge is 2.13. The van der Waals surface area contributed by atoms with Crippen LogP contribution in [-0.2, 0) is 29.0 Å². The second kappa shape index (κ2) is 12.0. The monoisotopic (exact) mass is 431 g/mol. The molecule has 0 saturated carbocycles. The molecule has 0 unspecified atom stereocenters. The summed E-state index contributed by atoms with van der Waals surface area (Å²) in [6, 6.07) is 22.1. The summed E-state index contributed by atoms with van der Waals surface area (Å²) in [5.41, 5.74) is 4.36. The highest BCUT2D eigenvalue weighted by molar-refractivity contribution is 6.51. The van der Waals surface area contributed by atoms with E-state index in [4.69, 9.17) is 14.2 Å². The Balaban J connectivity index is 1.80. The largest absolute Gasteiger partial charge is 0.493 e. The van der Waals surface area contributed by atoms with Crippen LogP contribution in [0, 0.1) is 0 Å². The maximum absolute atomic E-state index is 11.9. The fourth-order valence-corrected chi connectivity index (χ4v) is 3.44. The lowest BCUT2D eigenvalue weighted by Crippen LogP contribution is -2.17. The number of rotatable bonds is 11. The van der Waals surface area contributed by atoms with Gasteiger partial charge in [0.2, 0.25) is 0 Å². The Hall–Kier alpha value is -3.25. The van der Waals surface area contributed by atoms with Crippen LogP contribution in [0.1, 0.15) is 23.6 Å². The van der Waals surface area contributed by atoms with E-state index < -0.39 is 0 Å². The minimum absolute atomic E-state index is 0.189. The van der Waals surface area contributed by atoms with E-state index in [9.17, 15) is 4.79 Å². The lowest BCUT2D eigenvalue weighted by Gasteiger charge is -2.16. The van der Waals surface area contributed by atoms with Crippen molar-refractivity contribution in [3.8, 4) is 17.2 Å². The molecule has 3 aromatic carbocycles. The first-order chi connectivity index (χ1) is 15.6. The SMILES string of the molecule is CBc1ccc(Oc2cc(CC(=O)OCC)ccc2OC)c(CNCc2ccccc2)c1. The molecule has 0 aromatic heterocycles. The van der Waals surface area contributed by atoms with Crippen LogP contribution in [0.3, 0.4) is 0 Å². The minimum Gasteiger partial charge on any atom is -0.493 e. The number of nitrogens with one attached hydrogen (secondary N) is 1. The van der Waals surface area contributed by atoms with Gasteiger partial charge in [0, 0.05) is 18.7 Å². The Morgan fingerprint density at radius 1 is 0.906 bits per heavy atom. The highest BCUT2D eigenvalue weighted by Crippen LogP contribution is 2.34. The summed E-state index contributed by atoms with van der Waals surface area (Å²) >= 11 is 0. The molecule has 1 N–H and O–H groups in total. The minimum atomic E-state index is -0.262. The van der Waals surface area contributed by atoms with Crippen molar-refractivity contribution in [1.82, 2.24) is 5.32 Å². The van der Waals surface area contributed by atoms with E-state index in [1.54, 1.807) is 14.0 Å². The Morgan fingerprint density at radius 3 is 2.41 bits per heavy atom. The van der Waals surface area contributed by atoms with Gasteiger partial charge in [-0.25, -0.2) is 0 Å². The Labute approximate surface area is 191 Å². The molecule has 0 atom stereocenters. The third kappa shape index (κ3) is 6.63. The summed E-state index contributed by atoms with van der Waals surface area (Å²) in [5.74, 6) is 1.68. The van der Waals surface area contributed by atoms with Crippen LogP contribution in [0.4, 0.5) is 0 Å². The van der Waals surface area contributed by atoms with Gasteiger partial charge in [-0.1, -0.05) is 60.8 Å². The normalized spacial score (nSPS) is 10.5. The molecule has 0 spiro atoms. The molecule has 3 rings (SSSR count). The van der Waals surface area contributed by atoms with Crippen LogP contribution >= 0.6 is 0 Å². The van der Waals surface area contributed by atoms with Gasteiger partial charge in [-0.2, -0.15) is 0 Å². The van der Waals surface area contributed by atoms with Gasteiger partial charge >= 0.3 is 5.97 Å². The van der Waals surface area contributed by atoms with E-state index in [1.807, 2.05) is 42.5 Å². The van der Waals surface area contributed by atoms with Gasteiger partial charge in [0.1, 0.15) is 5.75 Å². The number of benzene rings is 3. The molecule has 0 aliphatic carbocycles. The molecule has 0 bridgehead atoms. The summed E-state index contributed by atoms with van der Waals surface area (Å²) in [7, 11) is 2.56. The highest BCUT2D eigenvalue weighted by atomic mass is 16.5. The summed E-state index contributed by atoms with van der Waals surface area (Å²) in [4.78, 5) is 11.9. The standard InChI is InChI=1S/C26H30BNO4/c1-4-31-26(29)15-20-10-12-24(30-3)25(14-20)32-23-13-11-22(27-2)16-21(23)18-28-17-19-8-6-5-7-9-19/h5-14,16,27-28H,4,15,17-18H2,1-3H3. The molecule has 0 heterocycles. The van der Waals surface area contributed by atoms with E-state index in [-0.39, 0.29) is 12.4 Å². The third-order valence-electron chi connectivity index (χ3n) is 5.12. The van der Waals surface area contributed by atoms with Gasteiger partial charge in [-0.3, -0.25) is 4.79 Å². The number of carbonyl (C=O) groups excluding carboxylic acids is 1. The maximum atomic E-state index is 11.9. The quantitative estimate of drug-likeness (QED) is 0.368. The van der Waals surface area contributed by atoms with Crippen molar-refractivity contribution in [2.75, 3.05) is 13.7 Å². The second-order valence-electron chi connectivity index (χ2n) is 7.45. The second-order valence-corrected chi connectivity index (χ2v) is 7.45. The van der Waals surface area contributed by atoms with E-state index in [0.29, 0.717) is 24.7 Å². The molecule has 166 valence electrons.